The molecule has 1 aliphatic rings. The van der Waals surface area contributed by atoms with Crippen molar-refractivity contribution in [2.75, 3.05) is 24.5 Å². The van der Waals surface area contributed by atoms with E-state index in [2.05, 4.69) is 41.2 Å². The van der Waals surface area contributed by atoms with E-state index in [4.69, 9.17) is 4.42 Å². The van der Waals surface area contributed by atoms with E-state index in [1.165, 1.54) is 12.8 Å². The van der Waals surface area contributed by atoms with Crippen LogP contribution in [0.15, 0.2) is 4.42 Å². The first-order chi connectivity index (χ1) is 8.69. The number of nitrogens with zero attached hydrogens (tertiary/aromatic N) is 3. The summed E-state index contributed by atoms with van der Waals surface area (Å²) in [6, 6.07) is 0.672. The Hall–Kier alpha value is -1.10. The lowest BCUT2D eigenvalue weighted by Crippen LogP contribution is -2.25. The Bertz CT molecular complexity index is 360. The highest BCUT2D eigenvalue weighted by Gasteiger charge is 2.25. The first kappa shape index (κ1) is 13.3. The fraction of sp³-hybridized carbons (Fsp3) is 0.846. The minimum Gasteiger partial charge on any atom is -0.407 e. The molecule has 0 aliphatic heterocycles. The van der Waals surface area contributed by atoms with Gasteiger partial charge in [-0.25, -0.2) is 0 Å². The van der Waals surface area contributed by atoms with Crippen LogP contribution < -0.4 is 10.2 Å². The third-order valence-electron chi connectivity index (χ3n) is 3.11. The Morgan fingerprint density at radius 1 is 1.39 bits per heavy atom. The summed E-state index contributed by atoms with van der Waals surface area (Å²) >= 11 is 0. The van der Waals surface area contributed by atoms with Gasteiger partial charge in [-0.15, -0.1) is 5.10 Å². The molecule has 0 amide bonds. The average Bonchev–Trinajstić information content (AvgIpc) is 3.04. The molecule has 102 valence electrons. The van der Waals surface area contributed by atoms with E-state index < -0.39 is 0 Å². The van der Waals surface area contributed by atoms with Gasteiger partial charge in [-0.2, -0.15) is 0 Å². The van der Waals surface area contributed by atoms with Gasteiger partial charge in [0.2, 0.25) is 5.89 Å². The predicted octanol–water partition coefficient (Wildman–Crippen LogP) is 2.05. The smallest absolute Gasteiger partial charge is 0.318 e. The molecule has 18 heavy (non-hydrogen) atoms. The normalized spacial score (nSPS) is 15.3. The van der Waals surface area contributed by atoms with Gasteiger partial charge in [0.15, 0.2) is 0 Å². The van der Waals surface area contributed by atoms with E-state index in [-0.39, 0.29) is 0 Å². The molecule has 5 heteroatoms. The minimum atomic E-state index is 0.634. The Labute approximate surface area is 109 Å². The Morgan fingerprint density at radius 2 is 2.17 bits per heavy atom. The SMILES string of the molecule is CCN(CC1CC1)c1nnc(CNCC(C)C)o1. The molecule has 1 saturated carbocycles. The molecule has 1 N–H and O–H groups in total. The third-order valence-corrected chi connectivity index (χ3v) is 3.11. The van der Waals surface area contributed by atoms with E-state index in [9.17, 15) is 0 Å². The lowest BCUT2D eigenvalue weighted by atomic mass is 10.2. The highest BCUT2D eigenvalue weighted by atomic mass is 16.4. The van der Waals surface area contributed by atoms with Crippen molar-refractivity contribution in [3.63, 3.8) is 0 Å². The molecule has 0 saturated heterocycles. The van der Waals surface area contributed by atoms with Gasteiger partial charge in [0, 0.05) is 13.1 Å². The second-order valence-corrected chi connectivity index (χ2v) is 5.49. The minimum absolute atomic E-state index is 0.634. The van der Waals surface area contributed by atoms with E-state index >= 15 is 0 Å². The fourth-order valence-electron chi connectivity index (χ4n) is 1.87. The molecule has 0 atom stereocenters. The second kappa shape index (κ2) is 6.18. The molecule has 1 fully saturated rings. The molecule has 0 spiro atoms. The summed E-state index contributed by atoms with van der Waals surface area (Å²) in [5.74, 6) is 2.15. The Kier molecular flexibility index (Phi) is 4.58. The van der Waals surface area contributed by atoms with Crippen LogP contribution in [0.25, 0.3) is 0 Å². The highest BCUT2D eigenvalue weighted by molar-refractivity contribution is 5.24. The quantitative estimate of drug-likeness (QED) is 0.767. The zero-order valence-electron chi connectivity index (χ0n) is 11.6. The second-order valence-electron chi connectivity index (χ2n) is 5.49. The molecule has 5 nitrogen and oxygen atoms in total. The van der Waals surface area contributed by atoms with Gasteiger partial charge in [0.25, 0.3) is 0 Å². The first-order valence-corrected chi connectivity index (χ1v) is 6.97. The van der Waals surface area contributed by atoms with Crippen molar-refractivity contribution in [3.8, 4) is 0 Å². The van der Waals surface area contributed by atoms with Crippen molar-refractivity contribution >= 4 is 6.01 Å². The topological polar surface area (TPSA) is 54.2 Å². The first-order valence-electron chi connectivity index (χ1n) is 6.97. The molecule has 1 aromatic heterocycles. The van der Waals surface area contributed by atoms with Gasteiger partial charge in [-0.1, -0.05) is 18.9 Å². The van der Waals surface area contributed by atoms with Crippen LogP contribution in [-0.4, -0.2) is 29.8 Å². The monoisotopic (exact) mass is 252 g/mol. The standard InChI is InChI=1S/C13H24N4O/c1-4-17(9-11-5-6-11)13-16-15-12(18-13)8-14-7-10(2)3/h10-11,14H,4-9H2,1-3H3. The predicted molar refractivity (Wildman–Crippen MR) is 71.5 cm³/mol. The van der Waals surface area contributed by atoms with Crippen LogP contribution in [0.4, 0.5) is 6.01 Å². The molecule has 1 aromatic rings. The van der Waals surface area contributed by atoms with Crippen LogP contribution in [0, 0.1) is 11.8 Å². The molecule has 1 heterocycles. The lowest BCUT2D eigenvalue weighted by molar-refractivity contribution is 0.446. The van der Waals surface area contributed by atoms with Crippen molar-refractivity contribution < 1.29 is 4.42 Å². The molecule has 0 unspecified atom stereocenters. The van der Waals surface area contributed by atoms with Crippen LogP contribution in [0.2, 0.25) is 0 Å². The van der Waals surface area contributed by atoms with E-state index in [1.807, 2.05) is 0 Å². The van der Waals surface area contributed by atoms with Gasteiger partial charge in [0.1, 0.15) is 0 Å². The molecule has 1 aliphatic carbocycles. The molecule has 2 rings (SSSR count). The van der Waals surface area contributed by atoms with E-state index in [0.29, 0.717) is 24.4 Å². The third kappa shape index (κ3) is 3.98. The van der Waals surface area contributed by atoms with Gasteiger partial charge >= 0.3 is 6.01 Å². The number of anilines is 1. The maximum absolute atomic E-state index is 5.69. The number of aromatic nitrogens is 2. The van der Waals surface area contributed by atoms with Crippen molar-refractivity contribution in [2.24, 2.45) is 11.8 Å². The summed E-state index contributed by atoms with van der Waals surface area (Å²) < 4.78 is 5.69. The molecular weight excluding hydrogens is 228 g/mol. The summed E-state index contributed by atoms with van der Waals surface area (Å²) in [5, 5.41) is 11.5. The number of nitrogens with one attached hydrogen (secondary N) is 1. The number of hydrogen-bond donors (Lipinski definition) is 1. The van der Waals surface area contributed by atoms with Crippen LogP contribution in [0.1, 0.15) is 39.5 Å². The van der Waals surface area contributed by atoms with Gasteiger partial charge in [-0.05, 0) is 38.1 Å². The van der Waals surface area contributed by atoms with Gasteiger partial charge < -0.3 is 14.6 Å². The molecular formula is C13H24N4O. The van der Waals surface area contributed by atoms with Crippen molar-refractivity contribution in [2.45, 2.75) is 40.2 Å². The van der Waals surface area contributed by atoms with Crippen LogP contribution >= 0.6 is 0 Å². The fourth-order valence-corrected chi connectivity index (χ4v) is 1.87. The Balaban J connectivity index is 1.83. The zero-order chi connectivity index (χ0) is 13.0. The van der Waals surface area contributed by atoms with Gasteiger partial charge in [-0.3, -0.25) is 0 Å². The lowest BCUT2D eigenvalue weighted by Gasteiger charge is -2.16. The maximum atomic E-state index is 5.69. The maximum Gasteiger partial charge on any atom is 0.318 e. The zero-order valence-corrected chi connectivity index (χ0v) is 11.6. The molecule has 0 radical (unpaired) electrons. The number of rotatable bonds is 8. The summed E-state index contributed by atoms with van der Waals surface area (Å²) in [5.41, 5.74) is 0. The van der Waals surface area contributed by atoms with Crippen molar-refractivity contribution in [1.29, 1.82) is 0 Å². The van der Waals surface area contributed by atoms with E-state index in [0.717, 1.165) is 25.6 Å². The average molecular weight is 252 g/mol. The van der Waals surface area contributed by atoms with Crippen LogP contribution in [0.3, 0.4) is 0 Å². The van der Waals surface area contributed by atoms with Crippen molar-refractivity contribution in [1.82, 2.24) is 15.5 Å². The van der Waals surface area contributed by atoms with Gasteiger partial charge in [0.05, 0.1) is 6.54 Å². The summed E-state index contributed by atoms with van der Waals surface area (Å²) in [7, 11) is 0. The summed E-state index contributed by atoms with van der Waals surface area (Å²) in [6.45, 7) is 10.1. The van der Waals surface area contributed by atoms with E-state index in [1.54, 1.807) is 0 Å². The van der Waals surface area contributed by atoms with Crippen LogP contribution in [-0.2, 0) is 6.54 Å². The summed E-state index contributed by atoms with van der Waals surface area (Å²) in [4.78, 5) is 2.18. The highest BCUT2D eigenvalue weighted by Crippen LogP contribution is 2.30. The Morgan fingerprint density at radius 3 is 2.78 bits per heavy atom. The van der Waals surface area contributed by atoms with Crippen LogP contribution in [0.5, 0.6) is 0 Å². The summed E-state index contributed by atoms with van der Waals surface area (Å²) in [6.07, 6.45) is 2.68. The molecule has 0 bridgehead atoms. The van der Waals surface area contributed by atoms with Crippen molar-refractivity contribution in [3.05, 3.63) is 5.89 Å². The molecule has 0 aromatic carbocycles. The number of hydrogen-bond acceptors (Lipinski definition) is 5. The largest absolute Gasteiger partial charge is 0.407 e.